The van der Waals surface area contributed by atoms with E-state index in [2.05, 4.69) is 15.8 Å². The Labute approximate surface area is 260 Å². The second-order valence-corrected chi connectivity index (χ2v) is 10.4. The number of nitro groups is 1. The van der Waals surface area contributed by atoms with E-state index < -0.39 is 33.7 Å². The Balaban J connectivity index is 1.37. The highest BCUT2D eigenvalue weighted by Crippen LogP contribution is 2.38. The maximum Gasteiger partial charge on any atom is 0.294 e. The molecule has 234 valence electrons. The maximum atomic E-state index is 14.6. The van der Waals surface area contributed by atoms with Gasteiger partial charge >= 0.3 is 0 Å². The number of rotatable bonds is 8. The van der Waals surface area contributed by atoms with Gasteiger partial charge in [0.15, 0.2) is 0 Å². The predicted octanol–water partition coefficient (Wildman–Crippen LogP) is 5.75. The topological polar surface area (TPSA) is 143 Å². The molecule has 0 radical (unpaired) electrons. The lowest BCUT2D eigenvalue weighted by molar-refractivity contribution is -0.383. The first-order valence-electron chi connectivity index (χ1n) is 13.6. The lowest BCUT2D eigenvalue weighted by Gasteiger charge is -2.36. The van der Waals surface area contributed by atoms with Gasteiger partial charge in [-0.25, -0.2) is 8.78 Å². The summed E-state index contributed by atoms with van der Waals surface area (Å²) in [5.41, 5.74) is 0.0141. The van der Waals surface area contributed by atoms with Crippen molar-refractivity contribution in [1.29, 1.82) is 0 Å². The fourth-order valence-corrected chi connectivity index (χ4v) is 5.38. The molecular weight excluding hydrogens is 614 g/mol. The van der Waals surface area contributed by atoms with Crippen molar-refractivity contribution in [2.75, 3.05) is 55.9 Å². The Morgan fingerprint density at radius 2 is 1.78 bits per heavy atom. The zero-order chi connectivity index (χ0) is 32.4. The van der Waals surface area contributed by atoms with Crippen LogP contribution in [0.2, 0.25) is 5.02 Å². The van der Waals surface area contributed by atoms with Gasteiger partial charge in [0.05, 0.1) is 34.0 Å². The van der Waals surface area contributed by atoms with Gasteiger partial charge in [-0.2, -0.15) is 0 Å². The van der Waals surface area contributed by atoms with Crippen LogP contribution < -0.4 is 20.3 Å². The third-order valence-electron chi connectivity index (χ3n) is 7.43. The fraction of sp³-hybridized carbons (Fsp3) is 0.233. The first-order chi connectivity index (χ1) is 21.5. The zero-order valence-corrected chi connectivity index (χ0v) is 25.1. The number of methoxy groups -OCH3 is 1. The van der Waals surface area contributed by atoms with E-state index in [0.29, 0.717) is 40.1 Å². The van der Waals surface area contributed by atoms with E-state index in [-0.39, 0.29) is 48.5 Å². The number of hydrogen-bond acceptors (Lipinski definition) is 9. The minimum Gasteiger partial charge on any atom is -0.496 e. The third-order valence-corrected chi connectivity index (χ3v) is 7.73. The highest BCUT2D eigenvalue weighted by molar-refractivity contribution is 6.33. The summed E-state index contributed by atoms with van der Waals surface area (Å²) in [6, 6.07) is 11.0. The molecule has 0 unspecified atom stereocenters. The Hall–Kier alpha value is -5.24. The van der Waals surface area contributed by atoms with Crippen molar-refractivity contribution in [3.8, 4) is 17.0 Å². The van der Waals surface area contributed by atoms with Crippen LogP contribution in [0.5, 0.6) is 5.75 Å². The van der Waals surface area contributed by atoms with Gasteiger partial charge < -0.3 is 29.7 Å². The average Bonchev–Trinajstić information content (AvgIpc) is 3.42. The average molecular weight is 641 g/mol. The van der Waals surface area contributed by atoms with Gasteiger partial charge in [-0.15, -0.1) is 0 Å². The number of amides is 2. The lowest BCUT2D eigenvalue weighted by Crippen LogP contribution is -2.49. The molecule has 3 aromatic carbocycles. The first-order valence-corrected chi connectivity index (χ1v) is 14.0. The van der Waals surface area contributed by atoms with Crippen molar-refractivity contribution in [2.24, 2.45) is 0 Å². The minimum absolute atomic E-state index is 0.0309. The number of anilines is 3. The van der Waals surface area contributed by atoms with Crippen molar-refractivity contribution in [3.05, 3.63) is 92.2 Å². The van der Waals surface area contributed by atoms with Gasteiger partial charge in [-0.3, -0.25) is 19.7 Å². The molecule has 45 heavy (non-hydrogen) atoms. The van der Waals surface area contributed by atoms with Gasteiger partial charge in [0.25, 0.3) is 17.5 Å². The number of halogens is 3. The van der Waals surface area contributed by atoms with E-state index in [0.717, 1.165) is 12.1 Å². The quantitative estimate of drug-likeness (QED) is 0.182. The number of nitrogens with one attached hydrogen (secondary N) is 2. The molecule has 1 saturated heterocycles. The zero-order valence-electron chi connectivity index (χ0n) is 24.3. The van der Waals surface area contributed by atoms with Crippen molar-refractivity contribution in [1.82, 2.24) is 10.1 Å². The fourth-order valence-electron chi connectivity index (χ4n) is 5.10. The highest BCUT2D eigenvalue weighted by atomic mass is 35.5. The number of aryl methyl sites for hydroxylation is 1. The standard InChI is InChI=1S/C30H27ClF2N6O6/c1-16-27(28(36-45-16)17-6-4-5-7-26(17)44-3)30(41)38-10-8-37(9-11-38)24-15-23(25(39(42)43)13-19(24)31)35-29(40)18-12-21(33)22(34-2)14-20(18)32/h4-7,12-15,34H,8-11H2,1-3H3,(H,35,40). The summed E-state index contributed by atoms with van der Waals surface area (Å²) in [6.45, 7) is 2.74. The molecule has 2 N–H and O–H groups in total. The molecule has 0 aliphatic carbocycles. The molecule has 2 amide bonds. The number of nitro benzene ring substituents is 1. The number of ether oxygens (including phenoxy) is 1. The molecule has 0 atom stereocenters. The minimum atomic E-state index is -1.09. The maximum absolute atomic E-state index is 14.6. The molecule has 1 fully saturated rings. The summed E-state index contributed by atoms with van der Waals surface area (Å²) in [6.07, 6.45) is 0. The first kappa shape index (κ1) is 31.2. The number of nitrogens with zero attached hydrogens (tertiary/aromatic N) is 4. The number of aromatic nitrogens is 1. The molecule has 0 spiro atoms. The molecule has 0 bridgehead atoms. The molecule has 4 aromatic rings. The van der Waals surface area contributed by atoms with Gasteiger partial charge in [-0.1, -0.05) is 28.9 Å². The van der Waals surface area contributed by atoms with Crippen LogP contribution in [0.15, 0.2) is 53.1 Å². The summed E-state index contributed by atoms with van der Waals surface area (Å²) in [5.74, 6) is -2.40. The number of hydrogen-bond donors (Lipinski definition) is 2. The van der Waals surface area contributed by atoms with Crippen molar-refractivity contribution in [3.63, 3.8) is 0 Å². The monoisotopic (exact) mass is 640 g/mol. The second-order valence-electron chi connectivity index (χ2n) is 10.0. The predicted molar refractivity (Wildman–Crippen MR) is 163 cm³/mol. The summed E-state index contributed by atoms with van der Waals surface area (Å²) in [5, 5.41) is 20.7. The molecule has 2 heterocycles. The summed E-state index contributed by atoms with van der Waals surface area (Å²) in [7, 11) is 2.91. The molecule has 1 aliphatic heterocycles. The molecule has 1 aromatic heterocycles. The van der Waals surface area contributed by atoms with Crippen LogP contribution in [-0.4, -0.2) is 67.1 Å². The number of piperazine rings is 1. The van der Waals surface area contributed by atoms with E-state index >= 15 is 0 Å². The Kier molecular flexibility index (Phi) is 8.86. The SMILES string of the molecule is CNc1cc(F)c(C(=O)Nc2cc(N3CCN(C(=O)c4c(-c5ccccc5OC)noc4C)CC3)c(Cl)cc2[N+](=O)[O-])cc1F. The summed E-state index contributed by atoms with van der Waals surface area (Å²) >= 11 is 6.44. The van der Waals surface area contributed by atoms with Crippen molar-refractivity contribution in [2.45, 2.75) is 6.92 Å². The Bertz CT molecular complexity index is 1810. The Morgan fingerprint density at radius 1 is 1.07 bits per heavy atom. The van der Waals surface area contributed by atoms with Crippen LogP contribution in [0.4, 0.5) is 31.5 Å². The molecule has 5 rings (SSSR count). The number of carbonyl (C=O) groups excluding carboxylic acids is 2. The van der Waals surface area contributed by atoms with E-state index in [1.807, 2.05) is 0 Å². The van der Waals surface area contributed by atoms with Crippen molar-refractivity contribution < 1.29 is 32.6 Å². The molecule has 12 nitrogen and oxygen atoms in total. The number of para-hydroxylation sites is 1. The smallest absolute Gasteiger partial charge is 0.294 e. The van der Waals surface area contributed by atoms with E-state index in [9.17, 15) is 28.5 Å². The van der Waals surface area contributed by atoms with Gasteiger partial charge in [0.1, 0.15) is 40.1 Å². The van der Waals surface area contributed by atoms with Crippen LogP contribution in [0.3, 0.4) is 0 Å². The molecule has 0 saturated carbocycles. The van der Waals surface area contributed by atoms with Crippen molar-refractivity contribution >= 4 is 46.2 Å². The van der Waals surface area contributed by atoms with E-state index in [4.69, 9.17) is 20.9 Å². The van der Waals surface area contributed by atoms with Crippen LogP contribution in [0.1, 0.15) is 26.5 Å². The van der Waals surface area contributed by atoms with Gasteiger partial charge in [-0.05, 0) is 31.2 Å². The molecule has 15 heteroatoms. The third kappa shape index (κ3) is 6.09. The van der Waals surface area contributed by atoms with Gasteiger partial charge in [0, 0.05) is 50.9 Å². The summed E-state index contributed by atoms with van der Waals surface area (Å²) in [4.78, 5) is 41.0. The lowest BCUT2D eigenvalue weighted by atomic mass is 10.0. The Morgan fingerprint density at radius 3 is 2.44 bits per heavy atom. The second kappa shape index (κ2) is 12.8. The van der Waals surface area contributed by atoms with Crippen LogP contribution in [0.25, 0.3) is 11.3 Å². The molecular formula is C30H27ClF2N6O6. The highest BCUT2D eigenvalue weighted by Gasteiger charge is 2.31. The van der Waals surface area contributed by atoms with Crippen LogP contribution in [-0.2, 0) is 0 Å². The number of carbonyl (C=O) groups is 2. The van der Waals surface area contributed by atoms with E-state index in [1.165, 1.54) is 20.2 Å². The largest absolute Gasteiger partial charge is 0.496 e. The molecule has 1 aliphatic rings. The van der Waals surface area contributed by atoms with E-state index in [1.54, 1.807) is 41.0 Å². The van der Waals surface area contributed by atoms with Gasteiger partial charge in [0.2, 0.25) is 0 Å². The summed E-state index contributed by atoms with van der Waals surface area (Å²) < 4.78 is 39.6. The van der Waals surface area contributed by atoms with Crippen LogP contribution in [0, 0.1) is 28.7 Å². The number of benzene rings is 3. The van der Waals surface area contributed by atoms with Crippen LogP contribution >= 0.6 is 11.6 Å². The normalized spacial score (nSPS) is 13.0.